The second-order valence-corrected chi connectivity index (χ2v) is 7.93. The number of hydrogen-bond donors (Lipinski definition) is 3. The largest absolute Gasteiger partial charge is 0.497 e. The number of amides is 3. The molecule has 0 saturated carbocycles. The summed E-state index contributed by atoms with van der Waals surface area (Å²) in [6, 6.07) is 14.4. The minimum atomic E-state index is -0.661. The second-order valence-electron chi connectivity index (χ2n) is 7.93. The molecule has 0 radical (unpaired) electrons. The van der Waals surface area contributed by atoms with Gasteiger partial charge in [0.15, 0.2) is 0 Å². The highest BCUT2D eigenvalue weighted by Gasteiger charge is 2.16. The van der Waals surface area contributed by atoms with Gasteiger partial charge in [-0.05, 0) is 62.2 Å². The molecule has 0 aliphatic heterocycles. The lowest BCUT2D eigenvalue weighted by atomic mass is 10.2. The highest BCUT2D eigenvalue weighted by atomic mass is 16.6. The molecule has 8 heteroatoms. The van der Waals surface area contributed by atoms with Crippen LogP contribution in [0.3, 0.4) is 0 Å². The Kier molecular flexibility index (Phi) is 8.83. The van der Waals surface area contributed by atoms with Crippen molar-refractivity contribution in [3.63, 3.8) is 0 Å². The Morgan fingerprint density at radius 2 is 1.75 bits per heavy atom. The van der Waals surface area contributed by atoms with Gasteiger partial charge in [-0.2, -0.15) is 0 Å². The van der Waals surface area contributed by atoms with Gasteiger partial charge < -0.3 is 25.4 Å². The second kappa shape index (κ2) is 11.5. The van der Waals surface area contributed by atoms with Crippen LogP contribution in [0.1, 0.15) is 31.9 Å². The molecule has 0 atom stereocenters. The van der Waals surface area contributed by atoms with Crippen LogP contribution in [0.5, 0.6) is 5.75 Å². The third-order valence-corrected chi connectivity index (χ3v) is 3.99. The number of methoxy groups -OCH3 is 1. The van der Waals surface area contributed by atoms with E-state index < -0.39 is 17.6 Å². The van der Waals surface area contributed by atoms with E-state index >= 15 is 0 Å². The van der Waals surface area contributed by atoms with Gasteiger partial charge >= 0.3 is 6.09 Å². The highest BCUT2D eigenvalue weighted by Crippen LogP contribution is 2.14. The molecule has 3 N–H and O–H groups in total. The Hall–Kier alpha value is -3.81. The predicted octanol–water partition coefficient (Wildman–Crippen LogP) is 3.49. The summed E-state index contributed by atoms with van der Waals surface area (Å²) < 4.78 is 10.2. The first-order valence-electron chi connectivity index (χ1n) is 10.1. The molecular formula is C24H29N3O5. The average molecular weight is 440 g/mol. The van der Waals surface area contributed by atoms with Gasteiger partial charge in [0.25, 0.3) is 0 Å². The molecule has 32 heavy (non-hydrogen) atoms. The first-order valence-corrected chi connectivity index (χ1v) is 10.1. The molecule has 0 saturated heterocycles. The number of anilines is 1. The summed E-state index contributed by atoms with van der Waals surface area (Å²) in [6.45, 7) is 5.30. The van der Waals surface area contributed by atoms with Gasteiger partial charge in [-0.3, -0.25) is 9.59 Å². The molecule has 0 heterocycles. The molecule has 170 valence electrons. The molecule has 2 rings (SSSR count). The topological polar surface area (TPSA) is 106 Å². The fourth-order valence-corrected chi connectivity index (χ4v) is 2.60. The Labute approximate surface area is 188 Å². The molecule has 0 bridgehead atoms. The van der Waals surface area contributed by atoms with E-state index in [4.69, 9.17) is 9.47 Å². The molecular weight excluding hydrogens is 410 g/mol. The molecule has 8 nitrogen and oxygen atoms in total. The Morgan fingerprint density at radius 1 is 1.00 bits per heavy atom. The summed E-state index contributed by atoms with van der Waals surface area (Å²) in [4.78, 5) is 35.8. The molecule has 3 amide bonds. The smallest absolute Gasteiger partial charge is 0.408 e. The van der Waals surface area contributed by atoms with Crippen molar-refractivity contribution in [2.75, 3.05) is 19.0 Å². The maximum Gasteiger partial charge on any atom is 0.408 e. The van der Waals surface area contributed by atoms with Crippen molar-refractivity contribution >= 4 is 29.7 Å². The van der Waals surface area contributed by atoms with Gasteiger partial charge in [-0.25, -0.2) is 4.79 Å². The summed E-state index contributed by atoms with van der Waals surface area (Å²) in [5.41, 5.74) is 1.58. The zero-order chi connectivity index (χ0) is 23.6. The van der Waals surface area contributed by atoms with Gasteiger partial charge in [0.2, 0.25) is 11.8 Å². The van der Waals surface area contributed by atoms with Gasteiger partial charge in [-0.1, -0.05) is 24.3 Å². The van der Waals surface area contributed by atoms with E-state index in [2.05, 4.69) is 16.0 Å². The molecule has 0 fully saturated rings. The SMILES string of the molecule is COc1cccc(/C=C/C(=O)NCc2cccc(NC(=O)CNC(=O)OC(C)(C)C)c2)c1. The number of alkyl carbamates (subject to hydrolysis) is 1. The summed E-state index contributed by atoms with van der Waals surface area (Å²) in [6.07, 6.45) is 2.49. The highest BCUT2D eigenvalue weighted by molar-refractivity contribution is 5.94. The first-order chi connectivity index (χ1) is 15.1. The lowest BCUT2D eigenvalue weighted by Gasteiger charge is -2.19. The summed E-state index contributed by atoms with van der Waals surface area (Å²) >= 11 is 0. The Balaban J connectivity index is 1.82. The van der Waals surface area contributed by atoms with Crippen LogP contribution in [-0.2, 0) is 20.9 Å². The monoisotopic (exact) mass is 439 g/mol. The third-order valence-electron chi connectivity index (χ3n) is 3.99. The van der Waals surface area contributed by atoms with Gasteiger partial charge in [0.05, 0.1) is 7.11 Å². The Bertz CT molecular complexity index is 980. The number of carbonyl (C=O) groups excluding carboxylic acids is 3. The summed E-state index contributed by atoms with van der Waals surface area (Å²) in [7, 11) is 1.59. The standard InChI is InChI=1S/C24H29N3O5/c1-24(2,3)32-23(30)26-16-22(29)27-19-9-5-8-18(13-19)15-25-21(28)12-11-17-7-6-10-20(14-17)31-4/h5-14H,15-16H2,1-4H3,(H,25,28)(H,26,30)(H,27,29)/b12-11+. The van der Waals surface area contributed by atoms with Crippen molar-refractivity contribution < 1.29 is 23.9 Å². The van der Waals surface area contributed by atoms with Gasteiger partial charge in [0.1, 0.15) is 17.9 Å². The molecule has 2 aromatic carbocycles. The number of ether oxygens (including phenoxy) is 2. The number of rotatable bonds is 8. The minimum absolute atomic E-state index is 0.217. The predicted molar refractivity (Wildman–Crippen MR) is 123 cm³/mol. The van der Waals surface area contributed by atoms with E-state index in [0.29, 0.717) is 18.0 Å². The van der Waals surface area contributed by atoms with Crippen LogP contribution in [0, 0.1) is 0 Å². The number of carbonyl (C=O) groups is 3. The van der Waals surface area contributed by atoms with Crippen LogP contribution in [0.15, 0.2) is 54.6 Å². The maximum absolute atomic E-state index is 12.1. The molecule has 0 aliphatic carbocycles. The fraction of sp³-hybridized carbons (Fsp3) is 0.292. The van der Waals surface area contributed by atoms with Crippen molar-refractivity contribution in [3.05, 3.63) is 65.7 Å². The molecule has 2 aromatic rings. The zero-order valence-electron chi connectivity index (χ0n) is 18.7. The van der Waals surface area contributed by atoms with Crippen molar-refractivity contribution in [2.24, 2.45) is 0 Å². The van der Waals surface area contributed by atoms with Crippen molar-refractivity contribution in [1.82, 2.24) is 10.6 Å². The van der Waals surface area contributed by atoms with Crippen LogP contribution in [0.4, 0.5) is 10.5 Å². The van der Waals surface area contributed by atoms with Crippen LogP contribution >= 0.6 is 0 Å². The van der Waals surface area contributed by atoms with E-state index in [-0.39, 0.29) is 12.5 Å². The van der Waals surface area contributed by atoms with Crippen LogP contribution in [0.25, 0.3) is 6.08 Å². The molecule has 0 aromatic heterocycles. The quantitative estimate of drug-likeness (QED) is 0.546. The minimum Gasteiger partial charge on any atom is -0.497 e. The van der Waals surface area contributed by atoms with Crippen LogP contribution in [0.2, 0.25) is 0 Å². The van der Waals surface area contributed by atoms with E-state index in [0.717, 1.165) is 11.1 Å². The van der Waals surface area contributed by atoms with Crippen LogP contribution in [-0.4, -0.2) is 37.2 Å². The van der Waals surface area contributed by atoms with E-state index in [1.165, 1.54) is 6.08 Å². The third kappa shape index (κ3) is 9.34. The van der Waals surface area contributed by atoms with Crippen molar-refractivity contribution in [3.8, 4) is 5.75 Å². The number of benzene rings is 2. The lowest BCUT2D eigenvalue weighted by Crippen LogP contribution is -2.37. The maximum atomic E-state index is 12.1. The Morgan fingerprint density at radius 3 is 2.47 bits per heavy atom. The van der Waals surface area contributed by atoms with Crippen LogP contribution < -0.4 is 20.7 Å². The molecule has 0 aliphatic rings. The first kappa shape index (κ1) is 24.5. The molecule has 0 spiro atoms. The van der Waals surface area contributed by atoms with Gasteiger partial charge in [-0.15, -0.1) is 0 Å². The van der Waals surface area contributed by atoms with E-state index in [1.54, 1.807) is 52.2 Å². The van der Waals surface area contributed by atoms with E-state index in [9.17, 15) is 14.4 Å². The van der Waals surface area contributed by atoms with Crippen molar-refractivity contribution in [2.45, 2.75) is 32.9 Å². The number of nitrogens with one attached hydrogen (secondary N) is 3. The van der Waals surface area contributed by atoms with Crippen molar-refractivity contribution in [1.29, 1.82) is 0 Å². The van der Waals surface area contributed by atoms with E-state index in [1.807, 2.05) is 30.3 Å². The average Bonchev–Trinajstić information content (AvgIpc) is 2.74. The zero-order valence-corrected chi connectivity index (χ0v) is 18.7. The summed E-state index contributed by atoms with van der Waals surface area (Å²) in [5, 5.41) is 7.90. The fourth-order valence-electron chi connectivity index (χ4n) is 2.60. The normalized spacial score (nSPS) is 11.0. The lowest BCUT2D eigenvalue weighted by molar-refractivity contribution is -0.117. The molecule has 0 unspecified atom stereocenters. The summed E-state index contributed by atoms with van der Waals surface area (Å²) in [5.74, 6) is 0.0785. The number of hydrogen-bond acceptors (Lipinski definition) is 5. The van der Waals surface area contributed by atoms with Gasteiger partial charge in [0, 0.05) is 18.3 Å².